The zero-order valence-corrected chi connectivity index (χ0v) is 14.9. The summed E-state index contributed by atoms with van der Waals surface area (Å²) in [5.74, 6) is -1.44. The number of carbonyl (C=O) groups is 2. The molecule has 0 unspecified atom stereocenters. The van der Waals surface area contributed by atoms with Gasteiger partial charge in [0.1, 0.15) is 5.82 Å². The lowest BCUT2D eigenvalue weighted by atomic mass is 10.2. The topological polar surface area (TPSA) is 64.4 Å². The van der Waals surface area contributed by atoms with E-state index in [9.17, 15) is 14.0 Å². The van der Waals surface area contributed by atoms with Crippen molar-refractivity contribution in [3.8, 4) is 5.69 Å². The van der Waals surface area contributed by atoms with E-state index in [1.807, 2.05) is 18.2 Å². The number of hydrogen-bond donors (Lipinski definition) is 0. The summed E-state index contributed by atoms with van der Waals surface area (Å²) < 4.78 is 19.9. The average molecular weight is 367 g/mol. The summed E-state index contributed by atoms with van der Waals surface area (Å²) in [7, 11) is 1.62. The van der Waals surface area contributed by atoms with Crippen molar-refractivity contribution in [3.05, 3.63) is 78.6 Å². The minimum absolute atomic E-state index is 0.142. The minimum Gasteiger partial charge on any atom is -0.448 e. The molecule has 0 fully saturated rings. The number of esters is 1. The number of rotatable bonds is 5. The van der Waals surface area contributed by atoms with E-state index in [4.69, 9.17) is 4.74 Å². The SMILES string of the molecule is C[C@@H](OC(=O)c1cncn1-c1ccc(F)cc1)C(=O)N(C)c1ccccc1. The van der Waals surface area contributed by atoms with Crippen molar-refractivity contribution in [2.45, 2.75) is 13.0 Å². The van der Waals surface area contributed by atoms with Crippen LogP contribution in [-0.4, -0.2) is 34.6 Å². The number of likely N-dealkylation sites (N-methyl/N-ethyl adjacent to an activating group) is 1. The summed E-state index contributed by atoms with van der Waals surface area (Å²) in [6.45, 7) is 1.51. The summed E-state index contributed by atoms with van der Waals surface area (Å²) in [6, 6.07) is 14.7. The van der Waals surface area contributed by atoms with Crippen molar-refractivity contribution in [1.29, 1.82) is 0 Å². The van der Waals surface area contributed by atoms with E-state index in [1.54, 1.807) is 19.2 Å². The highest BCUT2D eigenvalue weighted by atomic mass is 19.1. The van der Waals surface area contributed by atoms with Crippen molar-refractivity contribution in [2.24, 2.45) is 0 Å². The van der Waals surface area contributed by atoms with Crippen molar-refractivity contribution >= 4 is 17.6 Å². The third-order valence-corrected chi connectivity index (χ3v) is 4.06. The van der Waals surface area contributed by atoms with Gasteiger partial charge in [0.2, 0.25) is 0 Å². The second-order valence-electron chi connectivity index (χ2n) is 5.91. The number of hydrogen-bond acceptors (Lipinski definition) is 4. The number of aromatic nitrogens is 2. The fourth-order valence-corrected chi connectivity index (χ4v) is 2.58. The lowest BCUT2D eigenvalue weighted by molar-refractivity contribution is -0.126. The molecule has 0 saturated heterocycles. The van der Waals surface area contributed by atoms with E-state index in [1.165, 1.54) is 53.2 Å². The van der Waals surface area contributed by atoms with Gasteiger partial charge >= 0.3 is 5.97 Å². The molecular formula is C20H18FN3O3. The largest absolute Gasteiger partial charge is 0.448 e. The van der Waals surface area contributed by atoms with Crippen molar-refractivity contribution < 1.29 is 18.7 Å². The number of anilines is 1. The summed E-state index contributed by atoms with van der Waals surface area (Å²) >= 11 is 0. The van der Waals surface area contributed by atoms with Crippen LogP contribution >= 0.6 is 0 Å². The number of benzene rings is 2. The summed E-state index contributed by atoms with van der Waals surface area (Å²) in [5.41, 5.74) is 1.40. The minimum atomic E-state index is -0.987. The number of imidazole rings is 1. The maximum Gasteiger partial charge on any atom is 0.357 e. The van der Waals surface area contributed by atoms with Crippen LogP contribution in [0.5, 0.6) is 0 Å². The Morgan fingerprint density at radius 3 is 2.44 bits per heavy atom. The van der Waals surface area contributed by atoms with Gasteiger partial charge in [0.05, 0.1) is 12.5 Å². The summed E-state index contributed by atoms with van der Waals surface area (Å²) in [4.78, 5) is 30.4. The molecule has 27 heavy (non-hydrogen) atoms. The van der Waals surface area contributed by atoms with Crippen LogP contribution in [0.4, 0.5) is 10.1 Å². The normalized spacial score (nSPS) is 11.7. The Labute approximate surface area is 155 Å². The highest BCUT2D eigenvalue weighted by Crippen LogP contribution is 2.16. The van der Waals surface area contributed by atoms with Gasteiger partial charge in [-0.05, 0) is 43.3 Å². The van der Waals surface area contributed by atoms with Crippen LogP contribution in [0.3, 0.4) is 0 Å². The predicted octanol–water partition coefficient (Wildman–Crippen LogP) is 3.22. The fourth-order valence-electron chi connectivity index (χ4n) is 2.58. The van der Waals surface area contributed by atoms with E-state index >= 15 is 0 Å². The van der Waals surface area contributed by atoms with Crippen LogP contribution in [-0.2, 0) is 9.53 Å². The number of nitrogens with zero attached hydrogens (tertiary/aromatic N) is 3. The van der Waals surface area contributed by atoms with Crippen LogP contribution in [0.15, 0.2) is 67.1 Å². The van der Waals surface area contributed by atoms with Crippen molar-refractivity contribution in [1.82, 2.24) is 9.55 Å². The molecule has 0 radical (unpaired) electrons. The van der Waals surface area contributed by atoms with Gasteiger partial charge < -0.3 is 9.64 Å². The molecule has 138 valence electrons. The highest BCUT2D eigenvalue weighted by Gasteiger charge is 2.25. The van der Waals surface area contributed by atoms with Gasteiger partial charge in [-0.25, -0.2) is 14.2 Å². The monoisotopic (exact) mass is 367 g/mol. The molecule has 0 N–H and O–H groups in total. The molecule has 2 aromatic carbocycles. The lowest BCUT2D eigenvalue weighted by Gasteiger charge is -2.21. The molecule has 0 bridgehead atoms. The van der Waals surface area contributed by atoms with Crippen LogP contribution in [0.1, 0.15) is 17.4 Å². The molecular weight excluding hydrogens is 349 g/mol. The van der Waals surface area contributed by atoms with Gasteiger partial charge in [-0.1, -0.05) is 18.2 Å². The maximum atomic E-state index is 13.1. The van der Waals surface area contributed by atoms with Gasteiger partial charge in [-0.2, -0.15) is 0 Å². The van der Waals surface area contributed by atoms with Crippen LogP contribution in [0.2, 0.25) is 0 Å². The van der Waals surface area contributed by atoms with Crippen molar-refractivity contribution in [3.63, 3.8) is 0 Å². The molecule has 1 aromatic heterocycles. The van der Waals surface area contributed by atoms with Crippen LogP contribution in [0, 0.1) is 5.82 Å². The molecule has 3 rings (SSSR count). The molecule has 0 aliphatic heterocycles. The van der Waals surface area contributed by atoms with Crippen LogP contribution in [0.25, 0.3) is 5.69 Å². The van der Waals surface area contributed by atoms with Crippen molar-refractivity contribution in [2.75, 3.05) is 11.9 Å². The number of para-hydroxylation sites is 1. The summed E-state index contributed by atoms with van der Waals surface area (Å²) in [6.07, 6.45) is 1.77. The Morgan fingerprint density at radius 1 is 1.11 bits per heavy atom. The zero-order chi connectivity index (χ0) is 19.4. The Morgan fingerprint density at radius 2 is 1.78 bits per heavy atom. The molecule has 0 spiro atoms. The first kappa shape index (κ1) is 18.3. The van der Waals surface area contributed by atoms with Gasteiger partial charge in [0.15, 0.2) is 11.8 Å². The van der Waals surface area contributed by atoms with Gasteiger partial charge in [0.25, 0.3) is 5.91 Å². The van der Waals surface area contributed by atoms with Gasteiger partial charge in [-0.3, -0.25) is 9.36 Å². The molecule has 0 saturated carbocycles. The van der Waals surface area contributed by atoms with E-state index in [2.05, 4.69) is 4.98 Å². The number of halogens is 1. The Hall–Kier alpha value is -3.48. The first-order valence-corrected chi connectivity index (χ1v) is 8.29. The molecule has 3 aromatic rings. The van der Waals surface area contributed by atoms with E-state index in [0.717, 1.165) is 0 Å². The Kier molecular flexibility index (Phi) is 5.30. The Bertz CT molecular complexity index is 939. The maximum absolute atomic E-state index is 13.1. The highest BCUT2D eigenvalue weighted by molar-refractivity contribution is 5.98. The molecule has 0 aliphatic rings. The van der Waals surface area contributed by atoms with Gasteiger partial charge in [-0.15, -0.1) is 0 Å². The second-order valence-corrected chi connectivity index (χ2v) is 5.91. The quantitative estimate of drug-likeness (QED) is 0.650. The van der Waals surface area contributed by atoms with Crippen LogP contribution < -0.4 is 4.90 Å². The first-order chi connectivity index (χ1) is 13.0. The molecule has 1 atom stereocenters. The zero-order valence-electron chi connectivity index (χ0n) is 14.9. The second kappa shape index (κ2) is 7.82. The number of ether oxygens (including phenoxy) is 1. The molecule has 0 aliphatic carbocycles. The average Bonchev–Trinajstić information content (AvgIpc) is 3.18. The molecule has 7 heteroatoms. The fraction of sp³-hybridized carbons (Fsp3) is 0.150. The first-order valence-electron chi connectivity index (χ1n) is 8.29. The van der Waals surface area contributed by atoms with E-state index in [0.29, 0.717) is 11.4 Å². The standard InChI is InChI=1S/C20H18FN3O3/c1-14(19(25)23(2)16-6-4-3-5-7-16)27-20(26)18-12-22-13-24(18)17-10-8-15(21)9-11-17/h3-14H,1-2H3/t14-/m1/s1. The van der Waals surface area contributed by atoms with E-state index < -0.39 is 12.1 Å². The molecule has 1 amide bonds. The molecule has 6 nitrogen and oxygen atoms in total. The number of amides is 1. The third kappa shape index (κ3) is 4.03. The summed E-state index contributed by atoms with van der Waals surface area (Å²) in [5, 5.41) is 0. The molecule has 1 heterocycles. The predicted molar refractivity (Wildman–Crippen MR) is 98.3 cm³/mol. The van der Waals surface area contributed by atoms with E-state index in [-0.39, 0.29) is 17.4 Å². The third-order valence-electron chi connectivity index (χ3n) is 4.06. The lowest BCUT2D eigenvalue weighted by Crippen LogP contribution is -2.37. The van der Waals surface area contributed by atoms with Gasteiger partial charge in [0, 0.05) is 18.4 Å². The number of carbonyl (C=O) groups excluding carboxylic acids is 2. The smallest absolute Gasteiger partial charge is 0.357 e. The Balaban J connectivity index is 1.73.